The molecule has 12 rings (SSSR count). The molecule has 5 saturated heterocycles. The molecule has 4 saturated carbocycles. The molecule has 9 fully saturated rings. The number of aromatic nitrogens is 6. The van der Waals surface area contributed by atoms with Crippen molar-refractivity contribution >= 4 is 91.4 Å². The van der Waals surface area contributed by atoms with Gasteiger partial charge in [0.1, 0.15) is 5.60 Å². The summed E-state index contributed by atoms with van der Waals surface area (Å²) < 4.78 is 45.6. The molecule has 9 aliphatic rings. The summed E-state index contributed by atoms with van der Waals surface area (Å²) in [6, 6.07) is 0. The third-order valence-corrected chi connectivity index (χ3v) is 23.2. The molecular formula is C67H111Cl3IN11O7S. The summed E-state index contributed by atoms with van der Waals surface area (Å²) in [5, 5.41) is 10.7. The number of rotatable bonds is 17. The van der Waals surface area contributed by atoms with E-state index < -0.39 is 15.6 Å². The van der Waals surface area contributed by atoms with E-state index in [0.29, 0.717) is 40.0 Å². The lowest BCUT2D eigenvalue weighted by atomic mass is 9.91. The van der Waals surface area contributed by atoms with Crippen molar-refractivity contribution in [1.82, 2.24) is 39.1 Å². The van der Waals surface area contributed by atoms with Gasteiger partial charge in [0.25, 0.3) is 0 Å². The molecular weight excluding hydrogens is 1340 g/mol. The zero-order chi connectivity index (χ0) is 61.5. The molecule has 5 aliphatic heterocycles. The van der Waals surface area contributed by atoms with E-state index in [9.17, 15) is 13.2 Å². The number of alkyl halides is 1. The number of anilines is 3. The monoisotopic (exact) mass is 1450 g/mol. The van der Waals surface area contributed by atoms with Crippen LogP contribution in [0.1, 0.15) is 178 Å². The first-order valence-corrected chi connectivity index (χ1v) is 37.3. The molecule has 1 amide bonds. The largest absolute Gasteiger partial charge is 0.444 e. The highest BCUT2D eigenvalue weighted by molar-refractivity contribution is 14.1. The maximum Gasteiger partial charge on any atom is 0.410 e. The number of carbonyl (C=O) groups excluding carboxylic acids is 1. The van der Waals surface area contributed by atoms with Crippen molar-refractivity contribution < 1.29 is 32.5 Å². The Balaban J connectivity index is 0.000000206. The molecule has 3 aromatic rings. The Morgan fingerprint density at radius 1 is 0.556 bits per heavy atom. The van der Waals surface area contributed by atoms with Crippen molar-refractivity contribution in [2.24, 2.45) is 53.3 Å². The number of hydrogen-bond donors (Lipinski definition) is 1. The molecule has 23 heteroatoms. The average Bonchev–Trinajstić information content (AvgIpc) is 1.91. The maximum absolute atomic E-state index is 12.3. The number of piperidine rings is 5. The van der Waals surface area contributed by atoms with Crippen LogP contribution in [0.2, 0.25) is 15.1 Å². The lowest BCUT2D eigenvalue weighted by Crippen LogP contribution is -2.43. The van der Waals surface area contributed by atoms with E-state index in [1.807, 2.05) is 32.6 Å². The highest BCUT2D eigenvalue weighted by Crippen LogP contribution is 2.51. The van der Waals surface area contributed by atoms with Gasteiger partial charge in [-0.25, -0.2) is 47.4 Å². The molecule has 0 unspecified atom stereocenters. The van der Waals surface area contributed by atoms with Crippen LogP contribution < -0.4 is 14.7 Å². The van der Waals surface area contributed by atoms with Crippen molar-refractivity contribution in [2.75, 3.05) is 104 Å². The lowest BCUT2D eigenvalue weighted by Gasteiger charge is -2.33. The van der Waals surface area contributed by atoms with Crippen LogP contribution in [0.5, 0.6) is 0 Å². The van der Waals surface area contributed by atoms with Crippen LogP contribution in [0, 0.1) is 53.3 Å². The van der Waals surface area contributed by atoms with Gasteiger partial charge >= 0.3 is 6.09 Å². The fraction of sp³-hybridized carbons (Fsp3) is 0.806. The molecule has 0 aromatic carbocycles. The van der Waals surface area contributed by atoms with Gasteiger partial charge in [-0.15, -0.1) is 0 Å². The van der Waals surface area contributed by atoms with Crippen LogP contribution in [0.4, 0.5) is 22.6 Å². The van der Waals surface area contributed by atoms with Crippen molar-refractivity contribution in [3.8, 4) is 0 Å². The molecule has 0 bridgehead atoms. The van der Waals surface area contributed by atoms with Gasteiger partial charge in [-0.05, 0) is 177 Å². The second kappa shape index (κ2) is 37.0. The number of carbonyl (C=O) groups is 1. The SMILES string of the molecule is C.C.C.CC(C)(C)OC(=O)N1CCC(OC[C@@H]2C[C@@H]2C2CCN(c3ncc(Cl)cn3)CC2)CC1.CCCCS(=O)(=O)N1CCC(OC[C@@H]2C[C@@H]2C2CCN(c3ncc(Cl)cn3)CC2)CC1.Clc1cnc(N2CCC([C@H]3C[C@H]3CI)CC2)nc1.OC1CCCCC1. The lowest BCUT2D eigenvalue weighted by molar-refractivity contribution is -0.0154. The van der Waals surface area contributed by atoms with E-state index in [-0.39, 0.29) is 52.4 Å². The van der Waals surface area contributed by atoms with Gasteiger partial charge < -0.3 is 38.9 Å². The van der Waals surface area contributed by atoms with Crippen LogP contribution in [-0.4, -0.2) is 171 Å². The number of amides is 1. The number of unbranched alkanes of at least 4 members (excludes halogenated alkanes) is 1. The van der Waals surface area contributed by atoms with Crippen LogP contribution in [0.15, 0.2) is 37.2 Å². The van der Waals surface area contributed by atoms with Crippen LogP contribution in [0.3, 0.4) is 0 Å². The number of likely N-dealkylation sites (tertiary alicyclic amines) is 1. The Kier molecular flexibility index (Phi) is 31.4. The van der Waals surface area contributed by atoms with Gasteiger partial charge in [-0.3, -0.25) is 0 Å². The van der Waals surface area contributed by atoms with Crippen molar-refractivity contribution in [3.63, 3.8) is 0 Å². The number of aliphatic hydroxyl groups is 1. The van der Waals surface area contributed by atoms with Gasteiger partial charge in [-0.1, -0.05) is 112 Å². The Hall–Kier alpha value is -2.70. The first-order valence-electron chi connectivity index (χ1n) is 33.0. The van der Waals surface area contributed by atoms with Crippen LogP contribution >= 0.6 is 57.4 Å². The quantitative estimate of drug-likeness (QED) is 0.0990. The smallest absolute Gasteiger partial charge is 0.410 e. The normalized spacial score (nSPS) is 25.5. The van der Waals surface area contributed by atoms with E-state index >= 15 is 0 Å². The number of sulfonamides is 1. The molecule has 8 heterocycles. The Morgan fingerprint density at radius 2 is 0.911 bits per heavy atom. The zero-order valence-corrected chi connectivity index (χ0v) is 57.4. The number of ether oxygens (including phenoxy) is 3. The van der Waals surface area contributed by atoms with E-state index in [1.165, 1.54) is 81.5 Å². The van der Waals surface area contributed by atoms with E-state index in [1.54, 1.807) is 41.5 Å². The number of hydrogen-bond acceptors (Lipinski definition) is 16. The highest BCUT2D eigenvalue weighted by Gasteiger charge is 2.46. The van der Waals surface area contributed by atoms with Gasteiger partial charge in [0.05, 0.1) is 89.5 Å². The van der Waals surface area contributed by atoms with Gasteiger partial charge in [-0.2, -0.15) is 0 Å². The first kappa shape index (κ1) is 76.3. The molecule has 510 valence electrons. The maximum atomic E-state index is 12.3. The second-order valence-corrected chi connectivity index (χ2v) is 31.4. The average molecular weight is 1450 g/mol. The summed E-state index contributed by atoms with van der Waals surface area (Å²) in [6.07, 6.45) is 32.7. The number of nitrogens with zero attached hydrogens (tertiary/aromatic N) is 11. The van der Waals surface area contributed by atoms with Gasteiger partial charge in [0.2, 0.25) is 27.9 Å². The number of halogens is 4. The Morgan fingerprint density at radius 3 is 1.23 bits per heavy atom. The number of aliphatic hydroxyl groups excluding tert-OH is 1. The fourth-order valence-corrected chi connectivity index (χ4v) is 16.9. The summed E-state index contributed by atoms with van der Waals surface area (Å²) in [6.45, 7) is 18.3. The molecule has 4 aliphatic carbocycles. The Bertz CT molecular complexity index is 2630. The van der Waals surface area contributed by atoms with Gasteiger partial charge in [0, 0.05) is 69.9 Å². The topological polar surface area (TPSA) is 193 Å². The summed E-state index contributed by atoms with van der Waals surface area (Å²) in [5.74, 6) is 10.1. The first-order chi connectivity index (χ1) is 41.9. The molecule has 0 radical (unpaired) electrons. The highest BCUT2D eigenvalue weighted by atomic mass is 127. The van der Waals surface area contributed by atoms with Crippen LogP contribution in [-0.2, 0) is 24.2 Å². The Labute approximate surface area is 570 Å². The van der Waals surface area contributed by atoms with Crippen molar-refractivity contribution in [3.05, 3.63) is 52.2 Å². The third-order valence-electron chi connectivity index (χ3n) is 19.5. The minimum Gasteiger partial charge on any atom is -0.444 e. The summed E-state index contributed by atoms with van der Waals surface area (Å²) in [7, 11) is -3.08. The summed E-state index contributed by atoms with van der Waals surface area (Å²) in [5.41, 5.74) is -0.441. The standard InChI is InChI=1S/C23H35ClN4O3.C22H35ClN4O3S.C13H17ClIN3.C6H12O.3CH4/c1-23(2,3)31-22(29)28-10-6-19(7-11-28)30-15-17-12-20(17)16-4-8-27(9-5-16)21-25-13-18(24)14-26-21;1-2-3-12-31(28,29)27-10-6-20(7-11-27)30-16-18-13-21(18)17-4-8-26(9-5-17)22-24-14-19(23)15-25-22;14-11-7-16-13(17-8-11)18-3-1-9(2-4-18)12-5-10(12)6-15;7-6-4-2-1-3-5-6;;;/h13-14,16-17,19-20H,4-12,15H2,1-3H3;14-15,17-18,20-21H,2-13,16H2,1H3;7-10,12H,1-6H2;6-7H,1-5H2;3*1H4/t17-,20+;18-,21+;10-,12+;;;;/m000..../s1. The summed E-state index contributed by atoms with van der Waals surface area (Å²) >= 11 is 20.1. The van der Waals surface area contributed by atoms with E-state index in [2.05, 4.69) is 67.2 Å². The van der Waals surface area contributed by atoms with Crippen molar-refractivity contribution in [2.45, 2.75) is 202 Å². The second-order valence-electron chi connectivity index (χ2n) is 27.1. The van der Waals surface area contributed by atoms with E-state index in [0.717, 1.165) is 176 Å². The molecule has 90 heavy (non-hydrogen) atoms. The molecule has 1 N–H and O–H groups in total. The van der Waals surface area contributed by atoms with Gasteiger partial charge in [0.15, 0.2) is 0 Å². The minimum atomic E-state index is -3.08. The molecule has 18 nitrogen and oxygen atoms in total. The predicted molar refractivity (Wildman–Crippen MR) is 375 cm³/mol. The molecule has 6 atom stereocenters. The predicted octanol–water partition coefficient (Wildman–Crippen LogP) is 14.6. The minimum absolute atomic E-state index is 0. The fourth-order valence-electron chi connectivity index (χ4n) is 14.0. The molecule has 3 aromatic heterocycles. The van der Waals surface area contributed by atoms with Crippen molar-refractivity contribution in [1.29, 1.82) is 0 Å². The molecule has 0 spiro atoms. The summed E-state index contributed by atoms with van der Waals surface area (Å²) in [4.78, 5) is 46.8. The van der Waals surface area contributed by atoms with Crippen LogP contribution in [0.25, 0.3) is 0 Å². The zero-order valence-electron chi connectivity index (χ0n) is 52.2. The third kappa shape index (κ3) is 23.9. The van der Waals surface area contributed by atoms with E-state index in [4.69, 9.17) is 54.1 Å².